The van der Waals surface area contributed by atoms with E-state index in [2.05, 4.69) is 29.9 Å². The molecule has 0 saturated carbocycles. The van der Waals surface area contributed by atoms with Crippen LogP contribution in [0.1, 0.15) is 12.5 Å². The molecular formula is C20H24N10O13P2. The number of aliphatic hydroxyl groups excluding tert-OH is 2. The number of aromatic nitrogens is 8. The van der Waals surface area contributed by atoms with Crippen molar-refractivity contribution < 1.29 is 56.9 Å². The van der Waals surface area contributed by atoms with Crippen molar-refractivity contribution in [1.29, 1.82) is 0 Å². The first-order valence-electron chi connectivity index (χ1n) is 12.9. The first-order chi connectivity index (χ1) is 21.3. The molecule has 4 aromatic heterocycles. The fraction of sp³-hybridized carbons (Fsp3) is 0.500. The van der Waals surface area contributed by atoms with Gasteiger partial charge in [0, 0.05) is 0 Å². The molecule has 3 saturated heterocycles. The van der Waals surface area contributed by atoms with Crippen LogP contribution in [0.2, 0.25) is 0 Å². The molecule has 4 aromatic rings. The number of nitrogens with one attached hydrogen (secondary N) is 1. The lowest BCUT2D eigenvalue weighted by Gasteiger charge is -2.25. The molecule has 242 valence electrons. The van der Waals surface area contributed by atoms with Crippen LogP contribution in [0.3, 0.4) is 0 Å². The normalized spacial score (nSPS) is 37.7. The van der Waals surface area contributed by atoms with Crippen molar-refractivity contribution in [3.8, 4) is 0 Å². The van der Waals surface area contributed by atoms with Crippen LogP contribution in [0.4, 0.5) is 11.9 Å². The molecule has 0 amide bonds. The van der Waals surface area contributed by atoms with Gasteiger partial charge in [-0.05, 0) is 0 Å². The first-order valence-corrected chi connectivity index (χ1v) is 16.2. The molecule has 0 spiro atoms. The molecule has 3 aliphatic rings. The lowest BCUT2D eigenvalue weighted by Crippen LogP contribution is -2.36. The maximum Gasteiger partial charge on any atom is 0.472 e. The summed E-state index contributed by atoms with van der Waals surface area (Å²) >= 11 is 0. The summed E-state index contributed by atoms with van der Waals surface area (Å²) in [5, 5.41) is 22.1. The molecule has 0 radical (unpaired) electrons. The number of ether oxygens (including phenoxy) is 3. The van der Waals surface area contributed by atoms with Gasteiger partial charge in [-0.15, -0.1) is 0 Å². The van der Waals surface area contributed by atoms with E-state index >= 15 is 0 Å². The maximum absolute atomic E-state index is 13.2. The van der Waals surface area contributed by atoms with Gasteiger partial charge in [0.15, 0.2) is 41.9 Å². The number of aliphatic hydroxyl groups is 2. The Bertz CT molecular complexity index is 1940. The number of anilines is 2. The second-order valence-corrected chi connectivity index (χ2v) is 13.3. The molecule has 7 heterocycles. The highest BCUT2D eigenvalue weighted by molar-refractivity contribution is 7.52. The van der Waals surface area contributed by atoms with Crippen molar-refractivity contribution in [2.45, 2.75) is 49.3 Å². The predicted octanol–water partition coefficient (Wildman–Crippen LogP) is -2.34. The smallest absolute Gasteiger partial charge is 0.386 e. The zero-order valence-corrected chi connectivity index (χ0v) is 24.2. The number of nitrogens with two attached hydrogens (primary N) is 2. The Kier molecular flexibility index (Phi) is 7.27. The summed E-state index contributed by atoms with van der Waals surface area (Å²) in [7, 11) is -9.92. The second-order valence-electron chi connectivity index (χ2n) is 10.1. The number of hydrogen-bond donors (Lipinski definition) is 7. The highest BCUT2D eigenvalue weighted by Gasteiger charge is 2.54. The molecule has 3 fully saturated rings. The predicted molar refractivity (Wildman–Crippen MR) is 143 cm³/mol. The van der Waals surface area contributed by atoms with Crippen molar-refractivity contribution in [3.05, 3.63) is 29.2 Å². The van der Waals surface area contributed by atoms with Crippen LogP contribution >= 0.6 is 15.4 Å². The summed E-state index contributed by atoms with van der Waals surface area (Å²) in [6.45, 7) is -0.824. The maximum atomic E-state index is 13.2. The third-order valence-corrected chi connectivity index (χ3v) is 9.19. The summed E-state index contributed by atoms with van der Waals surface area (Å²) in [6, 6.07) is 0. The molecule has 0 aromatic carbocycles. The summed E-state index contributed by atoms with van der Waals surface area (Å²) in [5.41, 5.74) is 10.7. The Balaban J connectivity index is 1.21. The Morgan fingerprint density at radius 1 is 0.933 bits per heavy atom. The van der Waals surface area contributed by atoms with Crippen molar-refractivity contribution in [3.63, 3.8) is 0 Å². The average molecular weight is 674 g/mol. The Morgan fingerprint density at radius 3 is 2.49 bits per heavy atom. The average Bonchev–Trinajstić information content (AvgIpc) is 3.72. The van der Waals surface area contributed by atoms with E-state index in [1.165, 1.54) is 17.1 Å². The minimum atomic E-state index is -5.13. The minimum absolute atomic E-state index is 0.110. The van der Waals surface area contributed by atoms with Crippen LogP contribution < -0.4 is 17.0 Å². The van der Waals surface area contributed by atoms with Crippen molar-refractivity contribution in [2.75, 3.05) is 24.4 Å². The van der Waals surface area contributed by atoms with Crippen LogP contribution in [-0.2, 0) is 36.9 Å². The first kappa shape index (κ1) is 30.2. The van der Waals surface area contributed by atoms with E-state index in [4.69, 9.17) is 39.2 Å². The zero-order valence-electron chi connectivity index (χ0n) is 22.4. The molecule has 0 aliphatic carbocycles. The van der Waals surface area contributed by atoms with Crippen molar-refractivity contribution in [1.82, 2.24) is 39.0 Å². The molecule has 10 atom stereocenters. The van der Waals surface area contributed by atoms with Gasteiger partial charge in [-0.1, -0.05) is 0 Å². The third-order valence-electron chi connectivity index (χ3n) is 7.16. The Hall–Kier alpha value is -3.44. The van der Waals surface area contributed by atoms with Crippen molar-refractivity contribution in [2.24, 2.45) is 0 Å². The van der Waals surface area contributed by atoms with E-state index in [-0.39, 0.29) is 34.2 Å². The lowest BCUT2D eigenvalue weighted by atomic mass is 10.1. The second kappa shape index (κ2) is 10.8. The number of fused-ring (bicyclic) bond motifs is 5. The Morgan fingerprint density at radius 2 is 1.69 bits per heavy atom. The number of phosphoric acid groups is 1. The van der Waals surface area contributed by atoms with E-state index in [1.54, 1.807) is 0 Å². The molecular weight excluding hydrogens is 650 g/mol. The van der Waals surface area contributed by atoms with Gasteiger partial charge < -0.3 is 45.7 Å². The molecule has 25 heteroatoms. The summed E-state index contributed by atoms with van der Waals surface area (Å²) < 4.78 is 61.4. The van der Waals surface area contributed by atoms with Crippen LogP contribution in [0, 0.1) is 0 Å². The van der Waals surface area contributed by atoms with Crippen LogP contribution in [0.25, 0.3) is 22.3 Å². The van der Waals surface area contributed by atoms with Gasteiger partial charge in [-0.25, -0.2) is 19.5 Å². The fourth-order valence-corrected chi connectivity index (χ4v) is 7.17. The summed E-state index contributed by atoms with van der Waals surface area (Å²) in [6.07, 6.45) is -10.5. The Labute approximate surface area is 248 Å². The van der Waals surface area contributed by atoms with E-state index in [9.17, 15) is 33.9 Å². The van der Waals surface area contributed by atoms with Crippen LogP contribution in [0.5, 0.6) is 0 Å². The van der Waals surface area contributed by atoms with Crippen molar-refractivity contribution >= 4 is 49.6 Å². The fourth-order valence-electron chi connectivity index (χ4n) is 5.20. The van der Waals surface area contributed by atoms with Crippen LogP contribution in [0.15, 0.2) is 23.6 Å². The summed E-state index contributed by atoms with van der Waals surface area (Å²) in [4.78, 5) is 55.9. The van der Waals surface area contributed by atoms with E-state index < -0.39 is 83.2 Å². The number of nitrogens with zero attached hydrogens (tertiary/aromatic N) is 7. The standard InChI is InChI=1S/C20H24N10O13P2/c21-19-23-1-6-13(26-19)29(3-24-6)16-9(31)11-7(40-16)2-39-45(36,37)43-12-10(32)18(38-5-44(34,35)42-11)41-17(12)30-4-25-8-14(30)27-20(22)28-15(8)33/h1,3-4,7,9-12,16-18,31-32H,2,5H2,(H,34,35)(H,36,37)(H2,21,23,26)(H3,22,27,28,33)/t7-,9+,10?,11?,12+,16-,17-,18+/m1/s1. The minimum Gasteiger partial charge on any atom is -0.386 e. The van der Waals surface area contributed by atoms with Gasteiger partial charge in [0.1, 0.15) is 36.0 Å². The third kappa shape index (κ3) is 5.41. The summed E-state index contributed by atoms with van der Waals surface area (Å²) in [5.74, 6) is -0.401. The zero-order chi connectivity index (χ0) is 31.8. The largest absolute Gasteiger partial charge is 0.472 e. The molecule has 23 nitrogen and oxygen atoms in total. The molecule has 3 aliphatic heterocycles. The van der Waals surface area contributed by atoms with Gasteiger partial charge in [0.05, 0.1) is 25.5 Å². The topological polar surface area (TPSA) is 330 Å². The number of nitrogen functional groups attached to an aromatic ring is 2. The van der Waals surface area contributed by atoms with Crippen LogP contribution in [-0.4, -0.2) is 109 Å². The number of hydrogen-bond acceptors (Lipinski definition) is 18. The number of imidazole rings is 2. The monoisotopic (exact) mass is 674 g/mol. The lowest BCUT2D eigenvalue weighted by molar-refractivity contribution is -0.168. The molecule has 7 rings (SSSR count). The van der Waals surface area contributed by atoms with Gasteiger partial charge in [-0.3, -0.25) is 37.0 Å². The van der Waals surface area contributed by atoms with Gasteiger partial charge in [-0.2, -0.15) is 9.97 Å². The number of H-pyrrole nitrogens is 1. The van der Waals surface area contributed by atoms with E-state index in [1.807, 2.05) is 0 Å². The molecule has 2 bridgehead atoms. The number of phosphoric ester groups is 1. The van der Waals surface area contributed by atoms with Gasteiger partial charge in [0.25, 0.3) is 5.56 Å². The highest BCUT2D eigenvalue weighted by atomic mass is 31.2. The SMILES string of the molecule is Nc1ncc2ncn([C@@H]3O[C@@H]4COP(=O)(O)O[C@H]5C(O)[C@@H](OCP(=O)(O)OC4[C@@H]3O)O[C@H]5n3cnc4c(=O)[nH]c(N)nc43)c2n1. The van der Waals surface area contributed by atoms with Gasteiger partial charge in [0.2, 0.25) is 11.9 Å². The number of aromatic amines is 1. The quantitative estimate of drug-likeness (QED) is 0.109. The van der Waals surface area contributed by atoms with Gasteiger partial charge >= 0.3 is 15.4 Å². The number of rotatable bonds is 2. The van der Waals surface area contributed by atoms with E-state index in [0.717, 1.165) is 10.9 Å². The molecule has 9 N–H and O–H groups in total. The highest BCUT2D eigenvalue weighted by Crippen LogP contribution is 2.53. The molecule has 4 unspecified atom stereocenters. The molecule has 45 heavy (non-hydrogen) atoms. The van der Waals surface area contributed by atoms with E-state index in [0.29, 0.717) is 0 Å².